The van der Waals surface area contributed by atoms with E-state index in [1.54, 1.807) is 7.11 Å². The number of para-hydroxylation sites is 1. The van der Waals surface area contributed by atoms with Crippen LogP contribution in [0.2, 0.25) is 0 Å². The first-order valence-corrected chi connectivity index (χ1v) is 13.6. The molecule has 2 bridgehead atoms. The van der Waals surface area contributed by atoms with E-state index in [9.17, 15) is 4.79 Å². The first-order valence-electron chi connectivity index (χ1n) is 13.6. The largest absolute Gasteiger partial charge is 0.496 e. The summed E-state index contributed by atoms with van der Waals surface area (Å²) in [6, 6.07) is 22.1. The molecule has 4 rings (SSSR count). The minimum atomic E-state index is -0.129. The van der Waals surface area contributed by atoms with Crippen molar-refractivity contribution in [2.75, 3.05) is 40.0 Å². The van der Waals surface area contributed by atoms with Crippen molar-refractivity contribution in [1.82, 2.24) is 10.2 Å². The Kier molecular flexibility index (Phi) is 10.2. The molecule has 0 aliphatic carbocycles. The predicted octanol–water partition coefficient (Wildman–Crippen LogP) is 5.47. The summed E-state index contributed by atoms with van der Waals surface area (Å²) in [7, 11) is 1.64. The molecule has 1 aliphatic heterocycles. The van der Waals surface area contributed by atoms with Gasteiger partial charge in [-0.25, -0.2) is 0 Å². The monoisotopic (exact) mass is 516 g/mol. The lowest BCUT2D eigenvalue weighted by Crippen LogP contribution is -2.29. The average Bonchev–Trinajstić information content (AvgIpc) is 2.92. The molecular weight excluding hydrogens is 476 g/mol. The lowest BCUT2D eigenvalue weighted by atomic mass is 9.99. The van der Waals surface area contributed by atoms with Gasteiger partial charge in [-0.05, 0) is 59.8 Å². The third kappa shape index (κ3) is 8.07. The molecule has 0 spiro atoms. The van der Waals surface area contributed by atoms with Gasteiger partial charge in [-0.2, -0.15) is 0 Å². The van der Waals surface area contributed by atoms with Gasteiger partial charge in [0.15, 0.2) is 0 Å². The average molecular weight is 517 g/mol. The molecule has 0 unspecified atom stereocenters. The molecule has 3 aromatic rings. The number of benzene rings is 3. The zero-order valence-corrected chi connectivity index (χ0v) is 22.9. The van der Waals surface area contributed by atoms with Gasteiger partial charge in [-0.15, -0.1) is 0 Å². The summed E-state index contributed by atoms with van der Waals surface area (Å²) in [6.45, 7) is 9.47. The number of carbonyl (C=O) groups is 1. The summed E-state index contributed by atoms with van der Waals surface area (Å²) in [5.74, 6) is 2.09. The summed E-state index contributed by atoms with van der Waals surface area (Å²) >= 11 is 0. The SMILES string of the molecule is COc1ccccc1CNC(=O)c1ccc2c(c1)Cc1cccc(c1)CN(CCC(C)C)CCOCCO2. The van der Waals surface area contributed by atoms with Gasteiger partial charge in [0.25, 0.3) is 5.91 Å². The van der Waals surface area contributed by atoms with Crippen LogP contribution in [0, 0.1) is 5.92 Å². The third-order valence-corrected chi connectivity index (χ3v) is 6.81. The van der Waals surface area contributed by atoms with Crippen molar-refractivity contribution in [1.29, 1.82) is 0 Å². The van der Waals surface area contributed by atoms with E-state index in [2.05, 4.69) is 48.3 Å². The van der Waals surface area contributed by atoms with Crippen molar-refractivity contribution < 1.29 is 19.0 Å². The van der Waals surface area contributed by atoms with Crippen LogP contribution in [0.25, 0.3) is 0 Å². The van der Waals surface area contributed by atoms with Crippen LogP contribution < -0.4 is 14.8 Å². The van der Waals surface area contributed by atoms with Crippen LogP contribution in [0.3, 0.4) is 0 Å². The van der Waals surface area contributed by atoms with E-state index < -0.39 is 0 Å². The molecule has 3 aromatic carbocycles. The Balaban J connectivity index is 1.52. The minimum Gasteiger partial charge on any atom is -0.496 e. The highest BCUT2D eigenvalue weighted by Gasteiger charge is 2.14. The van der Waals surface area contributed by atoms with Gasteiger partial charge >= 0.3 is 0 Å². The number of methoxy groups -OCH3 is 1. The predicted molar refractivity (Wildman–Crippen MR) is 151 cm³/mol. The fourth-order valence-electron chi connectivity index (χ4n) is 4.66. The fourth-order valence-corrected chi connectivity index (χ4v) is 4.66. The van der Waals surface area contributed by atoms with Gasteiger partial charge in [0.05, 0.1) is 20.3 Å². The van der Waals surface area contributed by atoms with E-state index in [1.807, 2.05) is 42.5 Å². The van der Waals surface area contributed by atoms with Crippen molar-refractivity contribution in [3.63, 3.8) is 0 Å². The van der Waals surface area contributed by atoms with E-state index in [-0.39, 0.29) is 5.91 Å². The Bertz CT molecular complexity index is 1190. The maximum Gasteiger partial charge on any atom is 0.251 e. The maximum atomic E-state index is 13.1. The van der Waals surface area contributed by atoms with Crippen LogP contribution in [0.4, 0.5) is 0 Å². The Morgan fingerprint density at radius 2 is 1.84 bits per heavy atom. The summed E-state index contributed by atoms with van der Waals surface area (Å²) in [5, 5.41) is 3.03. The Morgan fingerprint density at radius 1 is 1.00 bits per heavy atom. The molecule has 0 saturated carbocycles. The number of carbonyl (C=O) groups excluding carboxylic acids is 1. The molecule has 1 N–H and O–H groups in total. The number of rotatable bonds is 7. The van der Waals surface area contributed by atoms with Crippen molar-refractivity contribution in [3.05, 3.63) is 94.5 Å². The van der Waals surface area contributed by atoms with E-state index in [4.69, 9.17) is 14.2 Å². The highest BCUT2D eigenvalue weighted by atomic mass is 16.5. The number of hydrogen-bond acceptors (Lipinski definition) is 5. The Morgan fingerprint density at radius 3 is 2.68 bits per heavy atom. The minimum absolute atomic E-state index is 0.129. The second-order valence-electron chi connectivity index (χ2n) is 10.2. The van der Waals surface area contributed by atoms with Crippen molar-refractivity contribution >= 4 is 5.91 Å². The molecule has 1 heterocycles. The quantitative estimate of drug-likeness (QED) is 0.451. The summed E-state index contributed by atoms with van der Waals surface area (Å²) in [6.07, 6.45) is 1.85. The van der Waals surface area contributed by atoms with Crippen molar-refractivity contribution in [2.24, 2.45) is 5.92 Å². The molecule has 0 fully saturated rings. The lowest BCUT2D eigenvalue weighted by Gasteiger charge is -2.24. The van der Waals surface area contributed by atoms with Gasteiger partial charge in [-0.3, -0.25) is 9.69 Å². The van der Waals surface area contributed by atoms with E-state index in [0.717, 1.165) is 48.7 Å². The normalized spacial score (nSPS) is 14.7. The molecule has 1 amide bonds. The third-order valence-electron chi connectivity index (χ3n) is 6.81. The standard InChI is InChI=1S/C32H40N2O4/c1-24(2)13-14-34-15-16-37-17-18-38-31-12-11-27(21-29(31)20-25-7-6-8-26(19-25)23-34)32(35)33-22-28-9-4-5-10-30(28)36-3/h4-12,19,21,24H,13-18,20,22-23H2,1-3H3,(H,33,35). The zero-order valence-electron chi connectivity index (χ0n) is 22.9. The number of nitrogens with one attached hydrogen (secondary N) is 1. The number of hydrogen-bond donors (Lipinski definition) is 1. The van der Waals surface area contributed by atoms with Gasteiger partial charge in [-0.1, -0.05) is 56.3 Å². The van der Waals surface area contributed by atoms with Crippen molar-refractivity contribution in [2.45, 2.75) is 39.8 Å². The van der Waals surface area contributed by atoms with E-state index in [1.165, 1.54) is 11.1 Å². The molecule has 1 aliphatic rings. The van der Waals surface area contributed by atoms with Gasteiger partial charge < -0.3 is 19.5 Å². The van der Waals surface area contributed by atoms with E-state index >= 15 is 0 Å². The van der Waals surface area contributed by atoms with Gasteiger partial charge in [0, 0.05) is 37.2 Å². The highest BCUT2D eigenvalue weighted by molar-refractivity contribution is 5.94. The van der Waals surface area contributed by atoms with Gasteiger partial charge in [0.1, 0.15) is 18.1 Å². The number of nitrogens with zero attached hydrogens (tertiary/aromatic N) is 1. The van der Waals surface area contributed by atoms with Crippen molar-refractivity contribution in [3.8, 4) is 11.5 Å². The molecule has 6 nitrogen and oxygen atoms in total. The topological polar surface area (TPSA) is 60.0 Å². The first-order chi connectivity index (χ1) is 18.5. The number of fused-ring (bicyclic) bond motifs is 3. The molecule has 0 radical (unpaired) electrons. The van der Waals surface area contributed by atoms with Crippen LogP contribution in [0.15, 0.2) is 66.7 Å². The first kappa shape index (κ1) is 27.7. The van der Waals surface area contributed by atoms with Crippen LogP contribution in [-0.2, 0) is 24.2 Å². The van der Waals surface area contributed by atoms with Crippen LogP contribution in [-0.4, -0.2) is 50.8 Å². The summed E-state index contributed by atoms with van der Waals surface area (Å²) < 4.78 is 17.4. The smallest absolute Gasteiger partial charge is 0.251 e. The lowest BCUT2D eigenvalue weighted by molar-refractivity contribution is 0.0764. The molecule has 6 heteroatoms. The Labute approximate surface area is 226 Å². The second-order valence-corrected chi connectivity index (χ2v) is 10.2. The summed E-state index contributed by atoms with van der Waals surface area (Å²) in [4.78, 5) is 15.5. The van der Waals surface area contributed by atoms with Gasteiger partial charge in [0.2, 0.25) is 0 Å². The molecule has 38 heavy (non-hydrogen) atoms. The maximum absolute atomic E-state index is 13.1. The summed E-state index contributed by atoms with van der Waals surface area (Å²) in [5.41, 5.74) is 5.02. The second kappa shape index (κ2) is 14.0. The van der Waals surface area contributed by atoms with E-state index in [0.29, 0.717) is 44.3 Å². The van der Waals surface area contributed by atoms with Crippen LogP contribution in [0.5, 0.6) is 11.5 Å². The number of amides is 1. The molecule has 0 saturated heterocycles. The van der Waals surface area contributed by atoms with Crippen LogP contribution >= 0.6 is 0 Å². The molecule has 0 aromatic heterocycles. The molecule has 0 atom stereocenters. The molecule has 202 valence electrons. The Hall–Kier alpha value is -3.35. The fraction of sp³-hybridized carbons (Fsp3) is 0.406. The molecular formula is C32H40N2O4. The zero-order chi connectivity index (χ0) is 26.7. The van der Waals surface area contributed by atoms with Crippen LogP contribution in [0.1, 0.15) is 52.9 Å². The highest BCUT2D eigenvalue weighted by Crippen LogP contribution is 2.25. The number of ether oxygens (including phenoxy) is 3.